The molecule has 0 aliphatic heterocycles. The number of nitrogens with zero attached hydrogens (tertiary/aromatic N) is 3. The summed E-state index contributed by atoms with van der Waals surface area (Å²) in [5.74, 6) is -1.68. The molecule has 106 valence electrons. The average molecular weight is 306 g/mol. The number of rotatable bonds is 3. The zero-order valence-electron chi connectivity index (χ0n) is 9.73. The molecule has 0 atom stereocenters. The quantitative estimate of drug-likeness (QED) is 0.885. The average Bonchev–Trinajstić information content (AvgIpc) is 2.76. The zero-order valence-corrected chi connectivity index (χ0v) is 10.5. The molecule has 0 spiro atoms. The summed E-state index contributed by atoms with van der Waals surface area (Å²) in [6.07, 6.45) is -2.62. The highest BCUT2D eigenvalue weighted by atomic mass is 35.5. The molecular formula is C11H7ClF3N3O2. The first kappa shape index (κ1) is 14.3. The number of alkyl halides is 3. The third-order valence-electron chi connectivity index (χ3n) is 2.39. The van der Waals surface area contributed by atoms with Crippen molar-refractivity contribution in [3.63, 3.8) is 0 Å². The Kier molecular flexibility index (Phi) is 3.67. The highest BCUT2D eigenvalue weighted by Gasteiger charge is 2.39. The number of aromatic nitrogens is 3. The van der Waals surface area contributed by atoms with Gasteiger partial charge in [0, 0.05) is 12.4 Å². The van der Waals surface area contributed by atoms with Crippen LogP contribution in [-0.2, 0) is 12.7 Å². The van der Waals surface area contributed by atoms with Gasteiger partial charge in [0.05, 0.1) is 6.54 Å². The molecule has 2 heterocycles. The van der Waals surface area contributed by atoms with Crippen LogP contribution in [0.2, 0.25) is 5.15 Å². The van der Waals surface area contributed by atoms with E-state index in [0.717, 1.165) is 10.9 Å². The highest BCUT2D eigenvalue weighted by Crippen LogP contribution is 2.30. The van der Waals surface area contributed by atoms with Crippen LogP contribution in [0.25, 0.3) is 0 Å². The summed E-state index contributed by atoms with van der Waals surface area (Å²) in [5.41, 5.74) is -1.77. The Morgan fingerprint density at radius 1 is 1.40 bits per heavy atom. The Labute approximate surface area is 115 Å². The first-order valence-corrected chi connectivity index (χ1v) is 5.63. The molecule has 0 bridgehead atoms. The molecule has 0 saturated heterocycles. The molecule has 9 heteroatoms. The summed E-state index contributed by atoms with van der Waals surface area (Å²) in [4.78, 5) is 14.6. The van der Waals surface area contributed by atoms with Gasteiger partial charge < -0.3 is 5.11 Å². The molecule has 0 saturated carbocycles. The minimum absolute atomic E-state index is 0.0411. The number of hydrogen-bond donors (Lipinski definition) is 1. The Morgan fingerprint density at radius 3 is 2.55 bits per heavy atom. The molecule has 0 amide bonds. The van der Waals surface area contributed by atoms with Crippen LogP contribution in [0.3, 0.4) is 0 Å². The van der Waals surface area contributed by atoms with Crippen LogP contribution < -0.4 is 0 Å². The van der Waals surface area contributed by atoms with Gasteiger partial charge in [-0.15, -0.1) is 0 Å². The second-order valence-electron chi connectivity index (χ2n) is 3.88. The number of hydrogen-bond acceptors (Lipinski definition) is 3. The molecule has 2 aromatic heterocycles. The summed E-state index contributed by atoms with van der Waals surface area (Å²) in [6.45, 7) is -0.0411. The van der Waals surface area contributed by atoms with Crippen LogP contribution in [0, 0.1) is 0 Å². The van der Waals surface area contributed by atoms with Gasteiger partial charge in [-0.2, -0.15) is 18.3 Å². The molecular weight excluding hydrogens is 299 g/mol. The first-order valence-electron chi connectivity index (χ1n) is 5.26. The zero-order chi connectivity index (χ0) is 14.9. The van der Waals surface area contributed by atoms with E-state index in [1.807, 2.05) is 0 Å². The molecule has 1 N–H and O–H groups in total. The van der Waals surface area contributed by atoms with Crippen LogP contribution in [0.15, 0.2) is 24.5 Å². The van der Waals surface area contributed by atoms with Crippen LogP contribution >= 0.6 is 11.6 Å². The van der Waals surface area contributed by atoms with Crippen molar-refractivity contribution in [2.45, 2.75) is 12.7 Å². The Morgan fingerprint density at radius 2 is 2.10 bits per heavy atom. The third-order valence-corrected chi connectivity index (χ3v) is 2.62. The largest absolute Gasteiger partial charge is 0.478 e. The summed E-state index contributed by atoms with van der Waals surface area (Å²) >= 11 is 5.59. The monoisotopic (exact) mass is 305 g/mol. The van der Waals surface area contributed by atoms with E-state index in [4.69, 9.17) is 16.7 Å². The van der Waals surface area contributed by atoms with Gasteiger partial charge in [0.2, 0.25) is 0 Å². The van der Waals surface area contributed by atoms with E-state index in [2.05, 4.69) is 10.1 Å². The van der Waals surface area contributed by atoms with Gasteiger partial charge in [-0.1, -0.05) is 17.7 Å². The Bertz CT molecular complexity index is 637. The Balaban J connectivity index is 2.34. The Hall–Kier alpha value is -2.09. The molecule has 0 unspecified atom stereocenters. The van der Waals surface area contributed by atoms with Crippen molar-refractivity contribution < 1.29 is 23.1 Å². The molecule has 5 nitrogen and oxygen atoms in total. The van der Waals surface area contributed by atoms with E-state index in [-0.39, 0.29) is 11.7 Å². The van der Waals surface area contributed by atoms with E-state index in [9.17, 15) is 18.0 Å². The molecule has 0 fully saturated rings. The van der Waals surface area contributed by atoms with Crippen molar-refractivity contribution >= 4 is 17.6 Å². The lowest BCUT2D eigenvalue weighted by molar-refractivity contribution is -0.142. The highest BCUT2D eigenvalue weighted by molar-refractivity contribution is 6.29. The van der Waals surface area contributed by atoms with Crippen LogP contribution in [0.4, 0.5) is 13.2 Å². The van der Waals surface area contributed by atoms with E-state index in [0.29, 0.717) is 5.56 Å². The number of halogens is 4. The lowest BCUT2D eigenvalue weighted by Crippen LogP contribution is -2.12. The number of carboxylic acids is 1. The van der Waals surface area contributed by atoms with Crippen molar-refractivity contribution in [3.05, 3.63) is 46.5 Å². The van der Waals surface area contributed by atoms with Gasteiger partial charge in [-0.3, -0.25) is 4.68 Å². The maximum Gasteiger partial charge on any atom is 0.436 e. The van der Waals surface area contributed by atoms with Gasteiger partial charge >= 0.3 is 12.1 Å². The van der Waals surface area contributed by atoms with Gasteiger partial charge in [-0.25, -0.2) is 9.78 Å². The fourth-order valence-electron chi connectivity index (χ4n) is 1.56. The van der Waals surface area contributed by atoms with E-state index < -0.39 is 23.4 Å². The van der Waals surface area contributed by atoms with Gasteiger partial charge in [0.15, 0.2) is 5.69 Å². The summed E-state index contributed by atoms with van der Waals surface area (Å²) in [7, 11) is 0. The molecule has 0 aliphatic rings. The third kappa shape index (κ3) is 3.08. The molecule has 20 heavy (non-hydrogen) atoms. The lowest BCUT2D eigenvalue weighted by atomic mass is 10.2. The minimum atomic E-state index is -4.82. The number of pyridine rings is 1. The van der Waals surface area contributed by atoms with Crippen molar-refractivity contribution in [2.24, 2.45) is 0 Å². The molecule has 2 aromatic rings. The topological polar surface area (TPSA) is 68.0 Å². The summed E-state index contributed by atoms with van der Waals surface area (Å²) < 4.78 is 38.8. The second kappa shape index (κ2) is 5.12. The number of carboxylic acid groups (broad SMARTS) is 1. The lowest BCUT2D eigenvalue weighted by Gasteiger charge is -2.03. The SMILES string of the molecule is O=C(O)c1cn(Cc2ccc(Cl)nc2)nc1C(F)(F)F. The summed E-state index contributed by atoms with van der Waals surface area (Å²) in [6, 6.07) is 3.04. The molecule has 0 aliphatic carbocycles. The van der Waals surface area contributed by atoms with E-state index in [1.165, 1.54) is 12.3 Å². The molecule has 0 radical (unpaired) electrons. The van der Waals surface area contributed by atoms with Gasteiger partial charge in [0.1, 0.15) is 10.7 Å². The molecule has 0 aromatic carbocycles. The van der Waals surface area contributed by atoms with Crippen LogP contribution in [-0.4, -0.2) is 25.8 Å². The van der Waals surface area contributed by atoms with Crippen molar-refractivity contribution in [1.29, 1.82) is 0 Å². The summed E-state index contributed by atoms with van der Waals surface area (Å²) in [5, 5.41) is 12.3. The predicted molar refractivity (Wildman–Crippen MR) is 62.5 cm³/mol. The van der Waals surface area contributed by atoms with Crippen molar-refractivity contribution in [2.75, 3.05) is 0 Å². The number of carbonyl (C=O) groups is 1. The van der Waals surface area contributed by atoms with Crippen molar-refractivity contribution in [1.82, 2.24) is 14.8 Å². The number of aromatic carboxylic acids is 1. The normalized spacial score (nSPS) is 11.6. The van der Waals surface area contributed by atoms with E-state index >= 15 is 0 Å². The van der Waals surface area contributed by atoms with Crippen LogP contribution in [0.5, 0.6) is 0 Å². The smallest absolute Gasteiger partial charge is 0.436 e. The van der Waals surface area contributed by atoms with E-state index in [1.54, 1.807) is 6.07 Å². The first-order chi connectivity index (χ1) is 9.27. The fraction of sp³-hybridized carbons (Fsp3) is 0.182. The molecule has 2 rings (SSSR count). The maximum absolute atomic E-state index is 12.6. The standard InChI is InChI=1S/C11H7ClF3N3O2/c12-8-2-1-6(3-16-8)4-18-5-7(10(19)20)9(17-18)11(13,14)15/h1-3,5H,4H2,(H,19,20). The van der Waals surface area contributed by atoms with Crippen molar-refractivity contribution in [3.8, 4) is 0 Å². The second-order valence-corrected chi connectivity index (χ2v) is 4.27. The van der Waals surface area contributed by atoms with Crippen LogP contribution in [0.1, 0.15) is 21.6 Å². The van der Waals surface area contributed by atoms with Gasteiger partial charge in [-0.05, 0) is 11.6 Å². The van der Waals surface area contributed by atoms with Gasteiger partial charge in [0.25, 0.3) is 0 Å². The maximum atomic E-state index is 12.6. The fourth-order valence-corrected chi connectivity index (χ4v) is 1.67. The predicted octanol–water partition coefficient (Wildman–Crippen LogP) is 2.70. The minimum Gasteiger partial charge on any atom is -0.478 e.